The first kappa shape index (κ1) is 15.9. The standard InChI is InChI=1S/C16H14F3NO2/c1-22-14-5-3-2-4-13(14)15(21)20-10-11-6-8-12(9-7-11)16(17,18)19/h2-9H,10H2,1H3,(H,20,21). The summed E-state index contributed by atoms with van der Waals surface area (Å²) in [5, 5.41) is 2.65. The monoisotopic (exact) mass is 309 g/mol. The number of carbonyl (C=O) groups is 1. The van der Waals surface area contributed by atoms with Gasteiger partial charge in [-0.1, -0.05) is 24.3 Å². The fourth-order valence-corrected chi connectivity index (χ4v) is 1.92. The van der Waals surface area contributed by atoms with Crippen LogP contribution in [0.1, 0.15) is 21.5 Å². The largest absolute Gasteiger partial charge is 0.496 e. The summed E-state index contributed by atoms with van der Waals surface area (Å²) in [6.45, 7) is 0.134. The SMILES string of the molecule is COc1ccccc1C(=O)NCc1ccc(C(F)(F)F)cc1. The first-order chi connectivity index (χ1) is 10.4. The van der Waals surface area contributed by atoms with Crippen LogP contribution in [0.3, 0.4) is 0 Å². The molecule has 0 unspecified atom stereocenters. The van der Waals surface area contributed by atoms with Crippen molar-refractivity contribution >= 4 is 5.91 Å². The Morgan fingerprint density at radius 1 is 1.09 bits per heavy atom. The van der Waals surface area contributed by atoms with Gasteiger partial charge < -0.3 is 10.1 Å². The molecule has 1 N–H and O–H groups in total. The van der Waals surface area contributed by atoms with E-state index in [0.717, 1.165) is 12.1 Å². The Kier molecular flexibility index (Phi) is 4.70. The molecule has 0 saturated carbocycles. The van der Waals surface area contributed by atoms with Gasteiger partial charge in [0.15, 0.2) is 0 Å². The summed E-state index contributed by atoms with van der Waals surface area (Å²) in [6, 6.07) is 11.4. The van der Waals surface area contributed by atoms with Crippen molar-refractivity contribution in [2.24, 2.45) is 0 Å². The number of rotatable bonds is 4. The lowest BCUT2D eigenvalue weighted by Crippen LogP contribution is -2.23. The second-order valence-electron chi connectivity index (χ2n) is 4.58. The zero-order chi connectivity index (χ0) is 16.2. The van der Waals surface area contributed by atoms with Gasteiger partial charge in [-0.2, -0.15) is 13.2 Å². The van der Waals surface area contributed by atoms with Crippen molar-refractivity contribution in [1.29, 1.82) is 0 Å². The lowest BCUT2D eigenvalue weighted by atomic mass is 10.1. The Labute approximate surface area is 125 Å². The number of carbonyl (C=O) groups excluding carboxylic acids is 1. The highest BCUT2D eigenvalue weighted by Gasteiger charge is 2.29. The van der Waals surface area contributed by atoms with E-state index in [0.29, 0.717) is 16.9 Å². The van der Waals surface area contributed by atoms with Gasteiger partial charge in [0.2, 0.25) is 0 Å². The fraction of sp³-hybridized carbons (Fsp3) is 0.188. The molecule has 0 bridgehead atoms. The molecule has 22 heavy (non-hydrogen) atoms. The van der Waals surface area contributed by atoms with Crippen molar-refractivity contribution in [3.8, 4) is 5.75 Å². The molecule has 6 heteroatoms. The van der Waals surface area contributed by atoms with Crippen LogP contribution in [0, 0.1) is 0 Å². The van der Waals surface area contributed by atoms with Crippen molar-refractivity contribution in [3.63, 3.8) is 0 Å². The van der Waals surface area contributed by atoms with Gasteiger partial charge in [0, 0.05) is 6.54 Å². The second-order valence-corrected chi connectivity index (χ2v) is 4.58. The van der Waals surface area contributed by atoms with Gasteiger partial charge in [0.05, 0.1) is 18.2 Å². The third kappa shape index (κ3) is 3.78. The van der Waals surface area contributed by atoms with E-state index < -0.39 is 11.7 Å². The average Bonchev–Trinajstić information content (AvgIpc) is 2.52. The van der Waals surface area contributed by atoms with Gasteiger partial charge in [-0.3, -0.25) is 4.79 Å². The number of alkyl halides is 3. The Morgan fingerprint density at radius 2 is 1.73 bits per heavy atom. The number of para-hydroxylation sites is 1. The molecule has 0 spiro atoms. The van der Waals surface area contributed by atoms with Crippen LogP contribution < -0.4 is 10.1 Å². The molecule has 0 radical (unpaired) electrons. The Bertz CT molecular complexity index is 651. The number of benzene rings is 2. The maximum atomic E-state index is 12.5. The third-order valence-electron chi connectivity index (χ3n) is 3.09. The van der Waals surface area contributed by atoms with E-state index >= 15 is 0 Å². The molecule has 116 valence electrons. The minimum Gasteiger partial charge on any atom is -0.496 e. The number of amides is 1. The summed E-state index contributed by atoms with van der Waals surface area (Å²) in [7, 11) is 1.46. The molecule has 2 aromatic rings. The van der Waals surface area contributed by atoms with Gasteiger partial charge in [0.25, 0.3) is 5.91 Å². The minimum absolute atomic E-state index is 0.134. The highest BCUT2D eigenvalue weighted by atomic mass is 19.4. The molecule has 0 fully saturated rings. The Hall–Kier alpha value is -2.50. The van der Waals surface area contributed by atoms with Crippen LogP contribution in [0.5, 0.6) is 5.75 Å². The van der Waals surface area contributed by atoms with Crippen molar-refractivity contribution in [2.75, 3.05) is 7.11 Å². The molecular weight excluding hydrogens is 295 g/mol. The number of nitrogens with one attached hydrogen (secondary N) is 1. The lowest BCUT2D eigenvalue weighted by Gasteiger charge is -2.10. The van der Waals surface area contributed by atoms with E-state index in [1.165, 1.54) is 19.2 Å². The van der Waals surface area contributed by atoms with E-state index in [4.69, 9.17) is 4.74 Å². The maximum absolute atomic E-state index is 12.5. The zero-order valence-electron chi connectivity index (χ0n) is 11.8. The van der Waals surface area contributed by atoms with Crippen molar-refractivity contribution in [2.45, 2.75) is 12.7 Å². The van der Waals surface area contributed by atoms with E-state index in [-0.39, 0.29) is 12.5 Å². The van der Waals surface area contributed by atoms with Crippen LogP contribution in [0.4, 0.5) is 13.2 Å². The van der Waals surface area contributed by atoms with E-state index in [9.17, 15) is 18.0 Å². The predicted octanol–water partition coefficient (Wildman–Crippen LogP) is 3.64. The number of ether oxygens (including phenoxy) is 1. The van der Waals surface area contributed by atoms with Gasteiger partial charge in [-0.25, -0.2) is 0 Å². The fourth-order valence-electron chi connectivity index (χ4n) is 1.92. The van der Waals surface area contributed by atoms with Gasteiger partial charge in [0.1, 0.15) is 5.75 Å². The number of halogens is 3. The Balaban J connectivity index is 2.02. The molecule has 0 aliphatic rings. The Morgan fingerprint density at radius 3 is 2.32 bits per heavy atom. The summed E-state index contributed by atoms with van der Waals surface area (Å²) in [4.78, 5) is 12.1. The minimum atomic E-state index is -4.36. The molecule has 1 amide bonds. The maximum Gasteiger partial charge on any atom is 0.416 e. The highest BCUT2D eigenvalue weighted by molar-refractivity contribution is 5.96. The summed E-state index contributed by atoms with van der Waals surface area (Å²) < 4.78 is 42.5. The van der Waals surface area contributed by atoms with Crippen molar-refractivity contribution in [1.82, 2.24) is 5.32 Å². The second kappa shape index (κ2) is 6.51. The molecule has 3 nitrogen and oxygen atoms in total. The summed E-state index contributed by atoms with van der Waals surface area (Å²) >= 11 is 0. The van der Waals surface area contributed by atoms with Crippen LogP contribution in [0.25, 0.3) is 0 Å². The predicted molar refractivity (Wildman–Crippen MR) is 75.6 cm³/mol. The number of hydrogen-bond acceptors (Lipinski definition) is 2. The molecule has 0 heterocycles. The van der Waals surface area contributed by atoms with Crippen LogP contribution in [0.2, 0.25) is 0 Å². The van der Waals surface area contributed by atoms with Gasteiger partial charge >= 0.3 is 6.18 Å². The first-order valence-corrected chi connectivity index (χ1v) is 6.49. The normalized spacial score (nSPS) is 11.1. The van der Waals surface area contributed by atoms with Crippen LogP contribution in [0.15, 0.2) is 48.5 Å². The van der Waals surface area contributed by atoms with Crippen LogP contribution >= 0.6 is 0 Å². The topological polar surface area (TPSA) is 38.3 Å². The molecule has 0 atom stereocenters. The molecule has 2 rings (SSSR count). The van der Waals surface area contributed by atoms with Crippen LogP contribution in [-0.2, 0) is 12.7 Å². The lowest BCUT2D eigenvalue weighted by molar-refractivity contribution is -0.137. The van der Waals surface area contributed by atoms with Crippen molar-refractivity contribution in [3.05, 3.63) is 65.2 Å². The molecule has 0 aliphatic carbocycles. The van der Waals surface area contributed by atoms with Crippen molar-refractivity contribution < 1.29 is 22.7 Å². The molecule has 2 aromatic carbocycles. The summed E-state index contributed by atoms with van der Waals surface area (Å²) in [5.74, 6) is 0.0877. The van der Waals surface area contributed by atoms with Gasteiger partial charge in [-0.05, 0) is 29.8 Å². The molecule has 0 saturated heterocycles. The summed E-state index contributed by atoms with van der Waals surface area (Å²) in [6.07, 6.45) is -4.36. The van der Waals surface area contributed by atoms with E-state index in [1.54, 1.807) is 24.3 Å². The quantitative estimate of drug-likeness (QED) is 0.936. The van der Waals surface area contributed by atoms with E-state index in [2.05, 4.69) is 5.32 Å². The molecular formula is C16H14F3NO2. The van der Waals surface area contributed by atoms with Crippen LogP contribution in [-0.4, -0.2) is 13.0 Å². The highest BCUT2D eigenvalue weighted by Crippen LogP contribution is 2.29. The first-order valence-electron chi connectivity index (χ1n) is 6.49. The third-order valence-corrected chi connectivity index (χ3v) is 3.09. The van der Waals surface area contributed by atoms with Gasteiger partial charge in [-0.15, -0.1) is 0 Å². The summed E-state index contributed by atoms with van der Waals surface area (Å²) in [5.41, 5.74) is 0.237. The number of methoxy groups -OCH3 is 1. The molecule has 0 aliphatic heterocycles. The average molecular weight is 309 g/mol. The molecule has 0 aromatic heterocycles. The number of hydrogen-bond donors (Lipinski definition) is 1. The smallest absolute Gasteiger partial charge is 0.416 e. The van der Waals surface area contributed by atoms with E-state index in [1.807, 2.05) is 0 Å². The zero-order valence-corrected chi connectivity index (χ0v) is 11.8.